The summed E-state index contributed by atoms with van der Waals surface area (Å²) in [6.45, 7) is 11.8. The molecule has 2 aliphatic carbocycles. The minimum absolute atomic E-state index is 0.228. The van der Waals surface area contributed by atoms with E-state index in [0.29, 0.717) is 0 Å². The lowest BCUT2D eigenvalue weighted by Gasteiger charge is -2.57. The normalized spacial score (nSPS) is 47.6. The first-order chi connectivity index (χ1) is 17.5. The number of aliphatic hydroxyl groups is 2. The third-order valence-corrected chi connectivity index (χ3v) is 8.92. The molecule has 1 saturated carbocycles. The van der Waals surface area contributed by atoms with Crippen LogP contribution in [0.5, 0.6) is 0 Å². The van der Waals surface area contributed by atoms with Crippen molar-refractivity contribution in [2.45, 2.75) is 94.7 Å². The van der Waals surface area contributed by atoms with E-state index in [9.17, 15) is 29.4 Å². The van der Waals surface area contributed by atoms with E-state index in [2.05, 4.69) is 6.58 Å². The van der Waals surface area contributed by atoms with Crippen LogP contribution in [-0.4, -0.2) is 87.3 Å². The standard InChI is InChI=1S/C26H33ClO11/c1-10-8-9-15(34-12(3)28)24(6)18(25(7,32)21(35-13(4)29)17-20(24)37-17)22(36-14(5)30)26(33)11(2)23(31)38-19(26)16(10)27/h8-9,11,15-22,32-33H,1H2,2-7H3. The van der Waals surface area contributed by atoms with E-state index < -0.39 is 94.3 Å². The smallest absolute Gasteiger partial charge is 0.312 e. The highest BCUT2D eigenvalue weighted by molar-refractivity contribution is 6.23. The second kappa shape index (κ2) is 9.32. The molecule has 210 valence electrons. The number of epoxide rings is 1. The van der Waals surface area contributed by atoms with Gasteiger partial charge in [0.05, 0.1) is 17.4 Å². The molecular weight excluding hydrogens is 524 g/mol. The quantitative estimate of drug-likeness (QED) is 0.221. The largest absolute Gasteiger partial charge is 0.459 e. The second-order valence-corrected chi connectivity index (χ2v) is 11.5. The second-order valence-electron chi connectivity index (χ2n) is 11.0. The molecule has 2 saturated heterocycles. The molecule has 2 aliphatic heterocycles. The van der Waals surface area contributed by atoms with Gasteiger partial charge in [0.25, 0.3) is 0 Å². The lowest BCUT2D eigenvalue weighted by molar-refractivity contribution is -0.258. The average Bonchev–Trinajstić information content (AvgIpc) is 3.56. The summed E-state index contributed by atoms with van der Waals surface area (Å²) in [4.78, 5) is 49.6. The van der Waals surface area contributed by atoms with Crippen molar-refractivity contribution in [3.8, 4) is 0 Å². The molecule has 0 spiro atoms. The van der Waals surface area contributed by atoms with Gasteiger partial charge in [-0.2, -0.15) is 0 Å². The fourth-order valence-corrected chi connectivity index (χ4v) is 6.95. The van der Waals surface area contributed by atoms with Crippen molar-refractivity contribution in [2.75, 3.05) is 0 Å². The minimum Gasteiger partial charge on any atom is -0.459 e. The monoisotopic (exact) mass is 556 g/mol. The van der Waals surface area contributed by atoms with Gasteiger partial charge in [0.2, 0.25) is 0 Å². The van der Waals surface area contributed by atoms with Gasteiger partial charge in [0.15, 0.2) is 17.8 Å². The van der Waals surface area contributed by atoms with Crippen LogP contribution in [0.2, 0.25) is 0 Å². The molecule has 0 bridgehead atoms. The third kappa shape index (κ3) is 4.14. The van der Waals surface area contributed by atoms with Crippen LogP contribution in [0.15, 0.2) is 24.3 Å². The van der Waals surface area contributed by atoms with Gasteiger partial charge in [-0.3, -0.25) is 19.2 Å². The van der Waals surface area contributed by atoms with Gasteiger partial charge in [-0.25, -0.2) is 0 Å². The van der Waals surface area contributed by atoms with Crippen molar-refractivity contribution in [1.29, 1.82) is 0 Å². The Kier molecular flexibility index (Phi) is 7.00. The molecule has 0 radical (unpaired) electrons. The van der Waals surface area contributed by atoms with E-state index >= 15 is 0 Å². The molecule has 4 aliphatic rings. The Balaban J connectivity index is 2.05. The van der Waals surface area contributed by atoms with Crippen LogP contribution in [0.25, 0.3) is 0 Å². The maximum atomic E-state index is 12.9. The molecule has 38 heavy (non-hydrogen) atoms. The average molecular weight is 557 g/mol. The summed E-state index contributed by atoms with van der Waals surface area (Å²) in [7, 11) is 0. The summed E-state index contributed by atoms with van der Waals surface area (Å²) in [5, 5.41) is 23.3. The van der Waals surface area contributed by atoms with Crippen molar-refractivity contribution in [3.05, 3.63) is 24.3 Å². The summed E-state index contributed by atoms with van der Waals surface area (Å²) in [6.07, 6.45) is -4.05. The number of fused-ring (bicyclic) bond motifs is 4. The van der Waals surface area contributed by atoms with Crippen LogP contribution in [0.4, 0.5) is 0 Å². The van der Waals surface area contributed by atoms with Gasteiger partial charge in [-0.1, -0.05) is 19.6 Å². The molecule has 0 aromatic carbocycles. The number of rotatable bonds is 3. The lowest BCUT2D eigenvalue weighted by atomic mass is 9.52. The molecule has 0 aromatic heterocycles. The maximum Gasteiger partial charge on any atom is 0.312 e. The minimum atomic E-state index is -2.29. The Labute approximate surface area is 225 Å². The van der Waals surface area contributed by atoms with Crippen LogP contribution in [0.3, 0.4) is 0 Å². The van der Waals surface area contributed by atoms with Gasteiger partial charge in [0, 0.05) is 32.1 Å². The van der Waals surface area contributed by atoms with Gasteiger partial charge in [0.1, 0.15) is 23.9 Å². The van der Waals surface area contributed by atoms with E-state index in [1.165, 1.54) is 39.8 Å². The summed E-state index contributed by atoms with van der Waals surface area (Å²) >= 11 is 6.67. The number of carbonyl (C=O) groups is 4. The topological polar surface area (TPSA) is 158 Å². The van der Waals surface area contributed by atoms with E-state index in [1.54, 1.807) is 6.92 Å². The van der Waals surface area contributed by atoms with Crippen LogP contribution < -0.4 is 0 Å². The zero-order valence-corrected chi connectivity index (χ0v) is 22.8. The molecule has 0 aromatic rings. The van der Waals surface area contributed by atoms with Crippen LogP contribution in [-0.2, 0) is 42.9 Å². The van der Waals surface area contributed by atoms with E-state index in [4.69, 9.17) is 35.3 Å². The highest BCUT2D eigenvalue weighted by Crippen LogP contribution is 2.63. The number of hydrogen-bond acceptors (Lipinski definition) is 11. The van der Waals surface area contributed by atoms with Gasteiger partial charge in [-0.05, 0) is 25.5 Å². The number of ether oxygens (including phenoxy) is 5. The Morgan fingerprint density at radius 2 is 1.55 bits per heavy atom. The predicted molar refractivity (Wildman–Crippen MR) is 129 cm³/mol. The van der Waals surface area contributed by atoms with Crippen LogP contribution in [0.1, 0.15) is 41.5 Å². The van der Waals surface area contributed by atoms with Crippen LogP contribution >= 0.6 is 11.6 Å². The SMILES string of the molecule is C=C1C=CC(OC(C)=O)C2(C)C3OC3C(OC(C)=O)C(C)(O)C2C(OC(C)=O)C2(O)C(C)C(=O)OC2C1Cl. The Morgan fingerprint density at radius 1 is 1.00 bits per heavy atom. The highest BCUT2D eigenvalue weighted by Gasteiger charge is 2.79. The lowest BCUT2D eigenvalue weighted by Crippen LogP contribution is -2.73. The number of halogens is 1. The number of hydrogen-bond donors (Lipinski definition) is 2. The Bertz CT molecular complexity index is 1100. The first-order valence-electron chi connectivity index (χ1n) is 12.3. The summed E-state index contributed by atoms with van der Waals surface area (Å²) in [6, 6.07) is 0. The van der Waals surface area contributed by atoms with E-state index in [-0.39, 0.29) is 5.57 Å². The third-order valence-electron chi connectivity index (χ3n) is 8.41. The van der Waals surface area contributed by atoms with Gasteiger partial charge < -0.3 is 33.9 Å². The van der Waals surface area contributed by atoms with Gasteiger partial charge in [-0.15, -0.1) is 11.6 Å². The summed E-state index contributed by atoms with van der Waals surface area (Å²) < 4.78 is 28.4. The summed E-state index contributed by atoms with van der Waals surface area (Å²) in [5.74, 6) is -5.61. The molecule has 11 nitrogen and oxygen atoms in total. The zero-order chi connectivity index (χ0) is 28.5. The summed E-state index contributed by atoms with van der Waals surface area (Å²) in [5.41, 5.74) is -5.50. The highest BCUT2D eigenvalue weighted by atomic mass is 35.5. The molecular formula is C26H33ClO11. The number of esters is 4. The number of carbonyl (C=O) groups excluding carboxylic acids is 4. The molecule has 3 fully saturated rings. The first-order valence-corrected chi connectivity index (χ1v) is 12.8. The number of alkyl halides is 1. The first kappa shape index (κ1) is 28.5. The zero-order valence-electron chi connectivity index (χ0n) is 22.0. The Hall–Kier alpha value is -2.47. The maximum absolute atomic E-state index is 12.9. The van der Waals surface area contributed by atoms with Crippen molar-refractivity contribution < 1.29 is 53.1 Å². The molecule has 12 unspecified atom stereocenters. The van der Waals surface area contributed by atoms with Crippen molar-refractivity contribution >= 4 is 35.5 Å². The molecule has 12 heteroatoms. The predicted octanol–water partition coefficient (Wildman–Crippen LogP) is 0.962. The van der Waals surface area contributed by atoms with Crippen molar-refractivity contribution in [2.24, 2.45) is 17.3 Å². The van der Waals surface area contributed by atoms with E-state index in [0.717, 1.165) is 6.92 Å². The molecule has 2 N–H and O–H groups in total. The molecule has 0 amide bonds. The van der Waals surface area contributed by atoms with Crippen LogP contribution in [0, 0.1) is 17.3 Å². The Morgan fingerprint density at radius 3 is 2.11 bits per heavy atom. The molecule has 12 atom stereocenters. The van der Waals surface area contributed by atoms with Crippen molar-refractivity contribution in [3.63, 3.8) is 0 Å². The van der Waals surface area contributed by atoms with Crippen molar-refractivity contribution in [1.82, 2.24) is 0 Å². The molecule has 4 rings (SSSR count). The fourth-order valence-electron chi connectivity index (χ4n) is 6.62. The molecule has 2 heterocycles. The number of allylic oxidation sites excluding steroid dienone is 1. The fraction of sp³-hybridized carbons (Fsp3) is 0.692. The van der Waals surface area contributed by atoms with Gasteiger partial charge >= 0.3 is 23.9 Å². The van der Waals surface area contributed by atoms with E-state index in [1.807, 2.05) is 0 Å².